The van der Waals surface area contributed by atoms with E-state index in [1.807, 2.05) is 0 Å². The summed E-state index contributed by atoms with van der Waals surface area (Å²) in [7, 11) is 0. The van der Waals surface area contributed by atoms with Gasteiger partial charge in [-0.1, -0.05) is 0 Å². The topological polar surface area (TPSA) is 156 Å². The molecule has 28 heavy (non-hydrogen) atoms. The summed E-state index contributed by atoms with van der Waals surface area (Å²) in [5.41, 5.74) is 0. The zero-order valence-corrected chi connectivity index (χ0v) is 18.6. The normalized spacial score (nSPS) is 10.8. The number of carboxylic acid groups (broad SMARTS) is 3. The van der Waals surface area contributed by atoms with Crippen LogP contribution in [-0.4, -0.2) is 118 Å². The summed E-state index contributed by atoms with van der Waals surface area (Å²) in [6, 6.07) is 0. The number of rotatable bonds is 16. The Morgan fingerprint density at radius 1 is 0.536 bits per heavy atom. The van der Waals surface area contributed by atoms with Crippen LogP contribution < -0.4 is 29.6 Å². The van der Waals surface area contributed by atoms with Crippen LogP contribution in [0.1, 0.15) is 13.8 Å². The van der Waals surface area contributed by atoms with Crippen LogP contribution in [0.25, 0.3) is 0 Å². The number of ketones is 2. The average molecular weight is 412 g/mol. The standard InChI is InChI=1S/C16H27N3O8.Na/c1-12(20)7-17(3-5-18(8-13(2)21)9-14(22)23)4-6-19(10-15(24)25)11-16(26)27;/h3-11H2,1-2H3,(H,22,23)(H,24,25)(H,26,27);/q;+1. The molecule has 0 bridgehead atoms. The number of Topliss-reactive ketones (excluding diaryl/α,β-unsaturated/α-hetero) is 2. The second-order valence-corrected chi connectivity index (χ2v) is 6.28. The molecule has 0 aromatic rings. The van der Waals surface area contributed by atoms with Crippen molar-refractivity contribution in [1.82, 2.24) is 14.7 Å². The molecule has 0 amide bonds. The number of carboxylic acids is 3. The van der Waals surface area contributed by atoms with Gasteiger partial charge in [0.25, 0.3) is 0 Å². The summed E-state index contributed by atoms with van der Waals surface area (Å²) in [4.78, 5) is 59.6. The van der Waals surface area contributed by atoms with Crippen molar-refractivity contribution < 1.29 is 68.8 Å². The molecule has 0 saturated heterocycles. The van der Waals surface area contributed by atoms with Gasteiger partial charge in [0.1, 0.15) is 11.6 Å². The van der Waals surface area contributed by atoms with Gasteiger partial charge in [0.2, 0.25) is 0 Å². The third-order valence-electron chi connectivity index (χ3n) is 3.43. The second-order valence-electron chi connectivity index (χ2n) is 6.28. The third kappa shape index (κ3) is 16.8. The van der Waals surface area contributed by atoms with E-state index in [9.17, 15) is 24.0 Å². The molecule has 154 valence electrons. The zero-order chi connectivity index (χ0) is 21.0. The van der Waals surface area contributed by atoms with Crippen molar-refractivity contribution >= 4 is 29.5 Å². The summed E-state index contributed by atoms with van der Waals surface area (Å²) in [6.07, 6.45) is 0. The summed E-state index contributed by atoms with van der Waals surface area (Å²) in [5, 5.41) is 26.6. The summed E-state index contributed by atoms with van der Waals surface area (Å²) in [6.45, 7) is 2.34. The smallest absolute Gasteiger partial charge is 0.480 e. The fraction of sp³-hybridized carbons (Fsp3) is 0.688. The van der Waals surface area contributed by atoms with E-state index < -0.39 is 31.0 Å². The van der Waals surface area contributed by atoms with E-state index in [1.165, 1.54) is 23.6 Å². The van der Waals surface area contributed by atoms with Gasteiger partial charge in [-0.05, 0) is 13.8 Å². The Hall–Kier alpha value is -1.37. The van der Waals surface area contributed by atoms with Crippen molar-refractivity contribution in [3.8, 4) is 0 Å². The fourth-order valence-corrected chi connectivity index (χ4v) is 2.47. The van der Waals surface area contributed by atoms with Crippen molar-refractivity contribution in [2.75, 3.05) is 58.9 Å². The Bertz CT molecular complexity index is 486. The molecule has 3 N–H and O–H groups in total. The van der Waals surface area contributed by atoms with Crippen molar-refractivity contribution in [1.29, 1.82) is 0 Å². The summed E-state index contributed by atoms with van der Waals surface area (Å²) < 4.78 is 0. The molecular formula is C16H27N3NaO8+. The molecule has 0 rings (SSSR count). The fourth-order valence-electron chi connectivity index (χ4n) is 2.47. The molecule has 0 atom stereocenters. The first-order valence-electron chi connectivity index (χ1n) is 8.31. The van der Waals surface area contributed by atoms with Crippen molar-refractivity contribution in [3.05, 3.63) is 0 Å². The van der Waals surface area contributed by atoms with Crippen LogP contribution in [0.3, 0.4) is 0 Å². The molecule has 0 heterocycles. The van der Waals surface area contributed by atoms with Gasteiger partial charge in [-0.2, -0.15) is 0 Å². The number of aliphatic carboxylic acids is 3. The van der Waals surface area contributed by atoms with E-state index in [0.29, 0.717) is 0 Å². The van der Waals surface area contributed by atoms with E-state index in [1.54, 1.807) is 4.90 Å². The predicted octanol–water partition coefficient (Wildman–Crippen LogP) is -4.67. The Labute approximate surface area is 185 Å². The molecule has 0 aliphatic heterocycles. The van der Waals surface area contributed by atoms with Gasteiger partial charge >= 0.3 is 47.5 Å². The van der Waals surface area contributed by atoms with Crippen LogP contribution in [0.15, 0.2) is 0 Å². The average Bonchev–Trinajstić information content (AvgIpc) is 2.46. The van der Waals surface area contributed by atoms with E-state index in [2.05, 4.69) is 0 Å². The number of hydrogen-bond donors (Lipinski definition) is 3. The third-order valence-corrected chi connectivity index (χ3v) is 3.43. The maximum absolute atomic E-state index is 11.4. The van der Waals surface area contributed by atoms with E-state index in [0.717, 1.165) is 0 Å². The minimum atomic E-state index is -1.16. The quantitative estimate of drug-likeness (QED) is 0.209. The minimum absolute atomic E-state index is 0. The first-order valence-corrected chi connectivity index (χ1v) is 8.31. The minimum Gasteiger partial charge on any atom is -0.480 e. The second kappa shape index (κ2) is 15.5. The Kier molecular flexibility index (Phi) is 16.0. The van der Waals surface area contributed by atoms with Crippen LogP contribution in [0.5, 0.6) is 0 Å². The molecule has 11 nitrogen and oxygen atoms in total. The first-order chi connectivity index (χ1) is 12.5. The molecule has 0 radical (unpaired) electrons. The Balaban J connectivity index is 0. The molecule has 0 aliphatic rings. The van der Waals surface area contributed by atoms with Crippen LogP contribution in [0.2, 0.25) is 0 Å². The van der Waals surface area contributed by atoms with Gasteiger partial charge in [0.15, 0.2) is 0 Å². The molecule has 12 heteroatoms. The molecule has 0 aliphatic carbocycles. The molecule has 0 unspecified atom stereocenters. The summed E-state index contributed by atoms with van der Waals surface area (Å²) >= 11 is 0. The monoisotopic (exact) mass is 412 g/mol. The van der Waals surface area contributed by atoms with Crippen molar-refractivity contribution in [3.63, 3.8) is 0 Å². The van der Waals surface area contributed by atoms with Gasteiger partial charge in [0.05, 0.1) is 32.7 Å². The summed E-state index contributed by atoms with van der Waals surface area (Å²) in [5.74, 6) is -3.74. The van der Waals surface area contributed by atoms with Gasteiger partial charge in [-0.3, -0.25) is 38.7 Å². The van der Waals surface area contributed by atoms with Gasteiger partial charge < -0.3 is 15.3 Å². The van der Waals surface area contributed by atoms with Crippen molar-refractivity contribution in [2.45, 2.75) is 13.8 Å². The molecule has 0 aromatic carbocycles. The molecule has 0 saturated carbocycles. The van der Waals surface area contributed by atoms with Crippen LogP contribution in [0, 0.1) is 0 Å². The van der Waals surface area contributed by atoms with Crippen LogP contribution in [0.4, 0.5) is 0 Å². The molecule has 0 aromatic heterocycles. The zero-order valence-electron chi connectivity index (χ0n) is 16.6. The number of carbonyl (C=O) groups is 5. The molecule has 0 spiro atoms. The number of nitrogens with zero attached hydrogens (tertiary/aromatic N) is 3. The van der Waals surface area contributed by atoms with E-state index in [-0.39, 0.29) is 86.9 Å². The van der Waals surface area contributed by atoms with Crippen LogP contribution >= 0.6 is 0 Å². The Morgan fingerprint density at radius 3 is 1.07 bits per heavy atom. The maximum atomic E-state index is 11.4. The predicted molar refractivity (Wildman–Crippen MR) is 93.6 cm³/mol. The largest absolute Gasteiger partial charge is 1.00 e. The maximum Gasteiger partial charge on any atom is 1.00 e. The molecular weight excluding hydrogens is 385 g/mol. The van der Waals surface area contributed by atoms with E-state index in [4.69, 9.17) is 15.3 Å². The first kappa shape index (κ1) is 28.8. The SMILES string of the molecule is CC(=O)CN(CCN(CC(C)=O)CC(=O)O)CCN(CC(=O)O)CC(=O)O.[Na+]. The number of hydrogen-bond acceptors (Lipinski definition) is 8. The number of carbonyl (C=O) groups excluding carboxylic acids is 2. The van der Waals surface area contributed by atoms with E-state index >= 15 is 0 Å². The van der Waals surface area contributed by atoms with Crippen molar-refractivity contribution in [2.24, 2.45) is 0 Å². The van der Waals surface area contributed by atoms with Gasteiger partial charge in [0, 0.05) is 26.2 Å². The van der Waals surface area contributed by atoms with Gasteiger partial charge in [-0.15, -0.1) is 0 Å². The van der Waals surface area contributed by atoms with Crippen LogP contribution in [-0.2, 0) is 24.0 Å². The Morgan fingerprint density at radius 2 is 0.786 bits per heavy atom. The van der Waals surface area contributed by atoms with Gasteiger partial charge in [-0.25, -0.2) is 0 Å². The molecule has 0 fully saturated rings.